The van der Waals surface area contributed by atoms with E-state index >= 15 is 0 Å². The van der Waals surface area contributed by atoms with Gasteiger partial charge >= 0.3 is 0 Å². The van der Waals surface area contributed by atoms with Gasteiger partial charge in [-0.3, -0.25) is 4.79 Å². The van der Waals surface area contributed by atoms with Crippen LogP contribution in [0.5, 0.6) is 5.75 Å². The van der Waals surface area contributed by atoms with Crippen molar-refractivity contribution in [3.05, 3.63) is 59.9 Å². The van der Waals surface area contributed by atoms with Gasteiger partial charge in [0, 0.05) is 18.4 Å². The minimum Gasteiger partial charge on any atom is -0.493 e. The molecule has 7 heteroatoms. The number of ether oxygens (including phenoxy) is 1. The van der Waals surface area contributed by atoms with Crippen LogP contribution in [0.15, 0.2) is 53.4 Å². The van der Waals surface area contributed by atoms with E-state index in [1.165, 1.54) is 12.1 Å². The normalized spacial score (nSPS) is 16.6. The number of carbonyl (C=O) groups is 1. The summed E-state index contributed by atoms with van der Waals surface area (Å²) in [5.74, 6) is -0.435. The van der Waals surface area contributed by atoms with E-state index in [1.54, 1.807) is 0 Å². The summed E-state index contributed by atoms with van der Waals surface area (Å²) in [5.41, 5.74) is 0.892. The van der Waals surface area contributed by atoms with Gasteiger partial charge in [0.15, 0.2) is 9.84 Å². The van der Waals surface area contributed by atoms with Gasteiger partial charge in [0.1, 0.15) is 11.6 Å². The van der Waals surface area contributed by atoms with Gasteiger partial charge in [0.25, 0.3) is 0 Å². The maximum Gasteiger partial charge on any atom is 0.221 e. The van der Waals surface area contributed by atoms with Gasteiger partial charge in [-0.05, 0) is 30.3 Å². The molecule has 5 nitrogen and oxygen atoms in total. The molecule has 3 rings (SSSR count). The summed E-state index contributed by atoms with van der Waals surface area (Å²) < 4.78 is 42.9. The molecule has 2 aromatic rings. The third kappa shape index (κ3) is 4.17. The number of hydrogen-bond acceptors (Lipinski definition) is 4. The van der Waals surface area contributed by atoms with Crippen LogP contribution in [0.2, 0.25) is 0 Å². The van der Waals surface area contributed by atoms with E-state index in [2.05, 4.69) is 5.32 Å². The van der Waals surface area contributed by atoms with E-state index in [1.807, 2.05) is 24.3 Å². The fourth-order valence-corrected chi connectivity index (χ4v) is 3.99. The second-order valence-corrected chi connectivity index (χ2v) is 7.93. The monoisotopic (exact) mass is 363 g/mol. The first-order chi connectivity index (χ1) is 12.0. The lowest BCUT2D eigenvalue weighted by Crippen LogP contribution is -2.33. The smallest absolute Gasteiger partial charge is 0.221 e. The number of nitrogens with one attached hydrogen (secondary N) is 1. The van der Waals surface area contributed by atoms with Crippen LogP contribution >= 0.6 is 0 Å². The summed E-state index contributed by atoms with van der Waals surface area (Å²) in [5, 5.41) is 2.86. The summed E-state index contributed by atoms with van der Waals surface area (Å²) in [6.07, 6.45) is 0.479. The van der Waals surface area contributed by atoms with Crippen molar-refractivity contribution in [1.29, 1.82) is 0 Å². The average molecular weight is 363 g/mol. The number of carbonyl (C=O) groups excluding carboxylic acids is 1. The van der Waals surface area contributed by atoms with Crippen molar-refractivity contribution in [2.24, 2.45) is 0 Å². The fourth-order valence-electron chi connectivity index (χ4n) is 2.75. The number of fused-ring (bicyclic) bond motifs is 1. The lowest BCUT2D eigenvalue weighted by Gasteiger charge is -2.26. The molecule has 2 aromatic carbocycles. The highest BCUT2D eigenvalue weighted by Crippen LogP contribution is 2.31. The molecule has 1 N–H and O–H groups in total. The predicted octanol–water partition coefficient (Wildman–Crippen LogP) is 2.63. The lowest BCUT2D eigenvalue weighted by atomic mass is 10.0. The number of hydrogen-bond donors (Lipinski definition) is 1. The Morgan fingerprint density at radius 3 is 2.64 bits per heavy atom. The van der Waals surface area contributed by atoms with Gasteiger partial charge in [0.05, 0.1) is 23.3 Å². The second-order valence-electron chi connectivity index (χ2n) is 5.82. The maximum absolute atomic E-state index is 12.9. The second kappa shape index (κ2) is 7.23. The van der Waals surface area contributed by atoms with Crippen molar-refractivity contribution >= 4 is 15.7 Å². The van der Waals surface area contributed by atoms with Crippen molar-refractivity contribution in [2.75, 3.05) is 12.4 Å². The quantitative estimate of drug-likeness (QED) is 0.829. The Morgan fingerprint density at radius 1 is 1.16 bits per heavy atom. The molecule has 0 fully saturated rings. The first-order valence-electron chi connectivity index (χ1n) is 7.95. The molecule has 1 aliphatic heterocycles. The van der Waals surface area contributed by atoms with Gasteiger partial charge in [0.2, 0.25) is 5.91 Å². The zero-order valence-corrected chi connectivity index (χ0v) is 14.3. The molecule has 1 heterocycles. The van der Waals surface area contributed by atoms with E-state index < -0.39 is 15.7 Å². The third-order valence-electron chi connectivity index (χ3n) is 4.06. The largest absolute Gasteiger partial charge is 0.493 e. The Kier molecular flexibility index (Phi) is 5.03. The highest BCUT2D eigenvalue weighted by atomic mass is 32.2. The summed E-state index contributed by atoms with van der Waals surface area (Å²) in [7, 11) is -3.63. The standard InChI is InChI=1S/C18H18FNO4S/c19-13-5-7-14(8-6-13)25(22,23)12-10-18(21)20-16-9-11-24-17-4-2-1-3-15(16)17/h1-8,16H,9-12H2,(H,20,21)/t16-/m1/s1. The number of benzene rings is 2. The molecule has 0 saturated heterocycles. The van der Waals surface area contributed by atoms with E-state index in [-0.39, 0.29) is 29.0 Å². The molecule has 0 unspecified atom stereocenters. The van der Waals surface area contributed by atoms with Gasteiger partial charge < -0.3 is 10.1 Å². The van der Waals surface area contributed by atoms with Crippen molar-refractivity contribution in [3.8, 4) is 5.75 Å². The summed E-state index contributed by atoms with van der Waals surface area (Å²) in [6.45, 7) is 0.496. The van der Waals surface area contributed by atoms with E-state index in [0.717, 1.165) is 23.4 Å². The summed E-state index contributed by atoms with van der Waals surface area (Å²) in [6, 6.07) is 11.9. The molecule has 0 saturated carbocycles. The van der Waals surface area contributed by atoms with E-state index in [9.17, 15) is 17.6 Å². The molecule has 1 amide bonds. The summed E-state index contributed by atoms with van der Waals surface area (Å²) >= 11 is 0. The highest BCUT2D eigenvalue weighted by Gasteiger charge is 2.23. The molecular weight excluding hydrogens is 345 g/mol. The molecule has 0 aromatic heterocycles. The first kappa shape index (κ1) is 17.4. The molecule has 0 spiro atoms. The van der Waals surface area contributed by atoms with Crippen LogP contribution in [0.3, 0.4) is 0 Å². The van der Waals surface area contributed by atoms with Crippen molar-refractivity contribution < 1.29 is 22.3 Å². The number of para-hydroxylation sites is 1. The SMILES string of the molecule is O=C(CCS(=O)(=O)c1ccc(F)cc1)N[C@@H]1CCOc2ccccc21. The van der Waals surface area contributed by atoms with Crippen LogP contribution in [0.25, 0.3) is 0 Å². The average Bonchev–Trinajstić information content (AvgIpc) is 2.61. The Hall–Kier alpha value is -2.41. The van der Waals surface area contributed by atoms with Gasteiger partial charge in [-0.2, -0.15) is 0 Å². The van der Waals surface area contributed by atoms with E-state index in [0.29, 0.717) is 13.0 Å². The van der Waals surface area contributed by atoms with Crippen LogP contribution in [-0.2, 0) is 14.6 Å². The molecular formula is C18H18FNO4S. The van der Waals surface area contributed by atoms with Crippen molar-refractivity contribution in [1.82, 2.24) is 5.32 Å². The Bertz CT molecular complexity index is 865. The molecule has 1 atom stereocenters. The van der Waals surface area contributed by atoms with Crippen LogP contribution in [0.1, 0.15) is 24.4 Å². The van der Waals surface area contributed by atoms with Crippen LogP contribution in [0.4, 0.5) is 4.39 Å². The molecule has 0 aliphatic carbocycles. The number of sulfone groups is 1. The molecule has 0 bridgehead atoms. The number of amides is 1. The van der Waals surface area contributed by atoms with E-state index in [4.69, 9.17) is 4.74 Å². The van der Waals surface area contributed by atoms with Gasteiger partial charge in [-0.25, -0.2) is 12.8 Å². The molecule has 132 valence electrons. The van der Waals surface area contributed by atoms with Crippen LogP contribution in [-0.4, -0.2) is 26.7 Å². The molecule has 25 heavy (non-hydrogen) atoms. The van der Waals surface area contributed by atoms with Crippen molar-refractivity contribution in [3.63, 3.8) is 0 Å². The van der Waals surface area contributed by atoms with Crippen LogP contribution < -0.4 is 10.1 Å². The highest BCUT2D eigenvalue weighted by molar-refractivity contribution is 7.91. The Labute approximate surface area is 145 Å². The number of rotatable bonds is 5. The fraction of sp³-hybridized carbons (Fsp3) is 0.278. The maximum atomic E-state index is 12.9. The van der Waals surface area contributed by atoms with Crippen molar-refractivity contribution in [2.45, 2.75) is 23.8 Å². The first-order valence-corrected chi connectivity index (χ1v) is 9.60. The predicted molar refractivity (Wildman–Crippen MR) is 90.5 cm³/mol. The molecule has 1 aliphatic rings. The zero-order valence-electron chi connectivity index (χ0n) is 13.4. The topological polar surface area (TPSA) is 72.5 Å². The van der Waals surface area contributed by atoms with Gasteiger partial charge in [-0.1, -0.05) is 18.2 Å². The molecule has 0 radical (unpaired) electrons. The van der Waals surface area contributed by atoms with Gasteiger partial charge in [-0.15, -0.1) is 0 Å². The Morgan fingerprint density at radius 2 is 1.88 bits per heavy atom. The summed E-state index contributed by atoms with van der Waals surface area (Å²) in [4.78, 5) is 12.2. The number of halogens is 1. The minimum atomic E-state index is -3.63. The minimum absolute atomic E-state index is 0.0121. The van der Waals surface area contributed by atoms with Crippen LogP contribution in [0, 0.1) is 5.82 Å². The lowest BCUT2D eigenvalue weighted by molar-refractivity contribution is -0.121. The zero-order chi connectivity index (χ0) is 17.9. The Balaban J connectivity index is 1.61. The third-order valence-corrected chi connectivity index (χ3v) is 5.80.